The van der Waals surface area contributed by atoms with Gasteiger partial charge in [-0.1, -0.05) is 12.6 Å². The van der Waals surface area contributed by atoms with Crippen LogP contribution in [0, 0.1) is 0 Å². The first-order valence-electron chi connectivity index (χ1n) is 7.87. The molecule has 0 radical (unpaired) electrons. The number of rotatable bonds is 1. The fourth-order valence-electron chi connectivity index (χ4n) is 2.31. The van der Waals surface area contributed by atoms with Crippen molar-refractivity contribution in [1.82, 2.24) is 10.2 Å². The van der Waals surface area contributed by atoms with Crippen molar-refractivity contribution in [3.05, 3.63) is 41.5 Å². The third-order valence-corrected chi connectivity index (χ3v) is 3.33. The van der Waals surface area contributed by atoms with Crippen molar-refractivity contribution < 1.29 is 15.1 Å². The molecule has 2 aliphatic heterocycles. The van der Waals surface area contributed by atoms with Gasteiger partial charge in [-0.3, -0.25) is 9.59 Å². The smallest absolute Gasteiger partial charge is 0.255 e. The van der Waals surface area contributed by atoms with Crippen LogP contribution in [0.5, 0.6) is 0 Å². The molecule has 3 N–H and O–H groups in total. The van der Waals surface area contributed by atoms with Gasteiger partial charge in [0.25, 0.3) is 5.91 Å². The first kappa shape index (κ1) is 7.99. The SMILES string of the molecule is [2H]c1c([2H])c(N)c2c(c1[2H])C(=O)N([C@@]1([2H])CCC(=C)NC1=O)C2. The number of nitrogens with one attached hydrogen (secondary N) is 1. The molecule has 0 aromatic heterocycles. The van der Waals surface area contributed by atoms with Crippen molar-refractivity contribution in [2.75, 3.05) is 5.73 Å². The zero-order chi connectivity index (χ0) is 17.1. The Balaban J connectivity index is 2.08. The number of carbonyl (C=O) groups is 2. The van der Waals surface area contributed by atoms with Gasteiger partial charge in [-0.15, -0.1) is 0 Å². The molecule has 1 aromatic carbocycles. The van der Waals surface area contributed by atoms with E-state index in [1.807, 2.05) is 0 Å². The van der Waals surface area contributed by atoms with Crippen molar-refractivity contribution >= 4 is 17.5 Å². The van der Waals surface area contributed by atoms with Crippen molar-refractivity contribution in [1.29, 1.82) is 0 Å². The summed E-state index contributed by atoms with van der Waals surface area (Å²) in [6, 6.07) is -2.96. The summed E-state index contributed by atoms with van der Waals surface area (Å²) < 4.78 is 31.8. The number of nitrogens with zero attached hydrogens (tertiary/aromatic N) is 1. The molecule has 2 heterocycles. The van der Waals surface area contributed by atoms with Crippen molar-refractivity contribution in [2.24, 2.45) is 0 Å². The van der Waals surface area contributed by atoms with Crippen LogP contribution in [0.2, 0.25) is 0 Å². The lowest BCUT2D eigenvalue weighted by Crippen LogP contribution is -2.49. The van der Waals surface area contributed by atoms with E-state index in [-0.39, 0.29) is 35.8 Å². The maximum Gasteiger partial charge on any atom is 0.255 e. The lowest BCUT2D eigenvalue weighted by atomic mass is 10.0. The van der Waals surface area contributed by atoms with Gasteiger partial charge in [0.1, 0.15) is 6.02 Å². The normalized spacial score (nSPS) is 29.3. The van der Waals surface area contributed by atoms with Gasteiger partial charge in [0, 0.05) is 29.1 Å². The number of nitrogen functional groups attached to an aromatic ring is 1. The molecule has 0 unspecified atom stereocenters. The number of benzene rings is 1. The molecule has 98 valence electrons. The Bertz CT molecular complexity index is 780. The first-order valence-corrected chi connectivity index (χ1v) is 5.87. The highest BCUT2D eigenvalue weighted by Crippen LogP contribution is 2.31. The molecule has 3 rings (SSSR count). The lowest BCUT2D eigenvalue weighted by molar-refractivity contribution is -0.126. The fraction of sp³-hybridized carbons (Fsp3) is 0.286. The van der Waals surface area contributed by atoms with Gasteiger partial charge in [0.15, 0.2) is 0 Å². The quantitative estimate of drug-likeness (QED) is 0.741. The van der Waals surface area contributed by atoms with E-state index in [1.54, 1.807) is 0 Å². The van der Waals surface area contributed by atoms with Gasteiger partial charge < -0.3 is 16.0 Å². The Labute approximate surface area is 116 Å². The van der Waals surface area contributed by atoms with E-state index in [9.17, 15) is 9.59 Å². The molecule has 1 saturated heterocycles. The first-order chi connectivity index (χ1) is 10.7. The van der Waals surface area contributed by atoms with E-state index in [2.05, 4.69) is 11.9 Å². The Morgan fingerprint density at radius 1 is 1.53 bits per heavy atom. The maximum absolute atomic E-state index is 12.6. The highest BCUT2D eigenvalue weighted by atomic mass is 16.2. The number of carbonyl (C=O) groups excluding carboxylic acids is 2. The maximum atomic E-state index is 12.6. The van der Waals surface area contributed by atoms with Gasteiger partial charge in [-0.2, -0.15) is 0 Å². The molecule has 2 amide bonds. The van der Waals surface area contributed by atoms with Crippen LogP contribution in [0.15, 0.2) is 30.4 Å². The van der Waals surface area contributed by atoms with E-state index in [4.69, 9.17) is 11.2 Å². The van der Waals surface area contributed by atoms with E-state index in [1.165, 1.54) is 0 Å². The second kappa shape index (κ2) is 4.12. The standard InChI is InChI=1S/C14H15N3O2/c1-8-5-6-12(13(18)16-8)17-7-10-9(14(17)19)3-2-4-11(10)15/h2-4,12H,1,5-7,15H2,(H,16,18)/t12-/m0/s1/i2D,3D,4D,12D. The number of hydrogen-bond donors (Lipinski definition) is 2. The molecule has 1 fully saturated rings. The van der Waals surface area contributed by atoms with Crippen molar-refractivity contribution in [3.63, 3.8) is 0 Å². The van der Waals surface area contributed by atoms with Gasteiger partial charge in [0.2, 0.25) is 5.91 Å². The molecule has 5 nitrogen and oxygen atoms in total. The van der Waals surface area contributed by atoms with Crippen LogP contribution in [0.4, 0.5) is 5.69 Å². The lowest BCUT2D eigenvalue weighted by Gasteiger charge is -2.30. The highest BCUT2D eigenvalue weighted by Gasteiger charge is 2.38. The van der Waals surface area contributed by atoms with Crippen molar-refractivity contribution in [2.45, 2.75) is 25.4 Å². The zero-order valence-electron chi connectivity index (χ0n) is 14.2. The molecular weight excluding hydrogens is 242 g/mol. The molecule has 1 atom stereocenters. The number of allylic oxidation sites excluding steroid dienone is 1. The molecular formula is C14H15N3O2. The summed E-state index contributed by atoms with van der Waals surface area (Å²) in [6.07, 6.45) is 0.456. The number of anilines is 1. The second-order valence-electron chi connectivity index (χ2n) is 4.54. The van der Waals surface area contributed by atoms with Crippen LogP contribution in [0.1, 0.15) is 34.2 Å². The third-order valence-electron chi connectivity index (χ3n) is 3.33. The largest absolute Gasteiger partial charge is 0.398 e. The van der Waals surface area contributed by atoms with Crippen LogP contribution >= 0.6 is 0 Å². The van der Waals surface area contributed by atoms with Gasteiger partial charge in [0.05, 0.1) is 5.48 Å². The average molecular weight is 261 g/mol. The zero-order valence-corrected chi connectivity index (χ0v) is 10.2. The molecule has 2 aliphatic rings. The van der Waals surface area contributed by atoms with E-state index in [0.717, 1.165) is 4.90 Å². The van der Waals surface area contributed by atoms with Gasteiger partial charge in [-0.25, -0.2) is 0 Å². The third kappa shape index (κ3) is 1.78. The molecule has 1 aromatic rings. The van der Waals surface area contributed by atoms with Crippen LogP contribution in [0.25, 0.3) is 0 Å². The van der Waals surface area contributed by atoms with Gasteiger partial charge in [-0.05, 0) is 24.9 Å². The predicted molar refractivity (Wildman–Crippen MR) is 71.0 cm³/mol. The molecule has 5 heteroatoms. The summed E-state index contributed by atoms with van der Waals surface area (Å²) in [6.45, 7) is 3.52. The molecule has 19 heavy (non-hydrogen) atoms. The van der Waals surface area contributed by atoms with Crippen LogP contribution in [-0.4, -0.2) is 22.7 Å². The predicted octanol–water partition coefficient (Wildman–Crippen LogP) is 1.02. The molecule has 0 spiro atoms. The highest BCUT2D eigenvalue weighted by molar-refractivity contribution is 6.02. The summed E-state index contributed by atoms with van der Waals surface area (Å²) in [5, 5.41) is 2.48. The van der Waals surface area contributed by atoms with Crippen LogP contribution in [-0.2, 0) is 11.3 Å². The molecule has 0 bridgehead atoms. The summed E-state index contributed by atoms with van der Waals surface area (Å²) >= 11 is 0. The minimum absolute atomic E-state index is 0.0546. The van der Waals surface area contributed by atoms with Crippen LogP contribution < -0.4 is 11.1 Å². The molecule has 0 aliphatic carbocycles. The summed E-state index contributed by atoms with van der Waals surface area (Å²) in [7, 11) is 0. The Morgan fingerprint density at radius 2 is 2.32 bits per heavy atom. The van der Waals surface area contributed by atoms with Crippen molar-refractivity contribution in [3.8, 4) is 0 Å². The number of nitrogens with two attached hydrogens (primary N) is 1. The van der Waals surface area contributed by atoms with Crippen LogP contribution in [0.3, 0.4) is 0 Å². The number of hydrogen-bond acceptors (Lipinski definition) is 3. The van der Waals surface area contributed by atoms with E-state index < -0.39 is 29.9 Å². The van der Waals surface area contributed by atoms with Gasteiger partial charge >= 0.3 is 0 Å². The Morgan fingerprint density at radius 3 is 3.05 bits per heavy atom. The van der Waals surface area contributed by atoms with E-state index in [0.29, 0.717) is 12.1 Å². The number of piperidine rings is 1. The number of amides is 2. The monoisotopic (exact) mass is 261 g/mol. The minimum atomic E-state index is -1.82. The second-order valence-corrected chi connectivity index (χ2v) is 4.54. The summed E-state index contributed by atoms with van der Waals surface area (Å²) in [5.41, 5.74) is 6.40. The Kier molecular flexibility index (Phi) is 1.73. The average Bonchev–Trinajstić information content (AvgIpc) is 2.85. The topological polar surface area (TPSA) is 75.4 Å². The van der Waals surface area contributed by atoms with E-state index >= 15 is 0 Å². The Hall–Kier alpha value is -2.30. The number of fused-ring (bicyclic) bond motifs is 1. The minimum Gasteiger partial charge on any atom is -0.398 e. The summed E-state index contributed by atoms with van der Waals surface area (Å²) in [5.74, 6) is -1.33. The summed E-state index contributed by atoms with van der Waals surface area (Å²) in [4.78, 5) is 25.9. The molecule has 0 saturated carbocycles. The fourth-order valence-corrected chi connectivity index (χ4v) is 2.31.